The zero-order valence-corrected chi connectivity index (χ0v) is 11.3. The number of ether oxygens (including phenoxy) is 1. The summed E-state index contributed by atoms with van der Waals surface area (Å²) in [6, 6.07) is 0.271. The molecule has 0 aromatic carbocycles. The summed E-state index contributed by atoms with van der Waals surface area (Å²) in [6.07, 6.45) is 2.96. The minimum atomic E-state index is 0.271. The number of hydrogen-bond acceptors (Lipinski definition) is 4. The first-order chi connectivity index (χ1) is 8.13. The van der Waals surface area contributed by atoms with Gasteiger partial charge < -0.3 is 15.8 Å². The molecule has 1 atom stereocenters. The monoisotopic (exact) mass is 240 g/mol. The van der Waals surface area contributed by atoms with Gasteiger partial charge in [0.05, 0.1) is 24.0 Å². The number of rotatable bonds is 7. The fourth-order valence-electron chi connectivity index (χ4n) is 1.84. The number of nitrogens with one attached hydrogen (secondary N) is 1. The Morgan fingerprint density at radius 3 is 2.71 bits per heavy atom. The van der Waals surface area contributed by atoms with Crippen molar-refractivity contribution in [2.24, 2.45) is 7.05 Å². The predicted octanol–water partition coefficient (Wildman–Crippen LogP) is 1.79. The summed E-state index contributed by atoms with van der Waals surface area (Å²) in [4.78, 5) is 0. The van der Waals surface area contributed by atoms with Crippen LogP contribution in [0.25, 0.3) is 0 Å². The van der Waals surface area contributed by atoms with Crippen molar-refractivity contribution >= 4 is 11.5 Å². The van der Waals surface area contributed by atoms with Gasteiger partial charge in [-0.05, 0) is 12.8 Å². The van der Waals surface area contributed by atoms with Gasteiger partial charge in [0.1, 0.15) is 5.82 Å². The van der Waals surface area contributed by atoms with Crippen molar-refractivity contribution in [3.63, 3.8) is 0 Å². The molecule has 0 bridgehead atoms. The zero-order chi connectivity index (χ0) is 12.8. The first kappa shape index (κ1) is 13.8. The topological polar surface area (TPSA) is 65.1 Å². The number of nitrogen functional groups attached to an aromatic ring is 1. The van der Waals surface area contributed by atoms with Gasteiger partial charge in [-0.1, -0.05) is 20.3 Å². The van der Waals surface area contributed by atoms with E-state index in [0.29, 0.717) is 6.61 Å². The molecule has 1 heterocycles. The molecule has 1 unspecified atom stereocenters. The van der Waals surface area contributed by atoms with Crippen molar-refractivity contribution in [3.8, 4) is 0 Å². The fourth-order valence-corrected chi connectivity index (χ4v) is 1.84. The van der Waals surface area contributed by atoms with Gasteiger partial charge in [-0.15, -0.1) is 0 Å². The number of hydrogen-bond donors (Lipinski definition) is 2. The molecule has 0 aliphatic carbocycles. The van der Waals surface area contributed by atoms with Gasteiger partial charge in [-0.3, -0.25) is 4.68 Å². The van der Waals surface area contributed by atoms with Crippen LogP contribution in [0.5, 0.6) is 0 Å². The van der Waals surface area contributed by atoms with Crippen LogP contribution in [0.2, 0.25) is 0 Å². The quantitative estimate of drug-likeness (QED) is 0.762. The molecule has 1 aromatic rings. The normalized spacial score (nSPS) is 12.7. The molecule has 98 valence electrons. The van der Waals surface area contributed by atoms with Gasteiger partial charge >= 0.3 is 0 Å². The van der Waals surface area contributed by atoms with Gasteiger partial charge in [0.25, 0.3) is 0 Å². The van der Waals surface area contributed by atoms with Crippen molar-refractivity contribution in [2.45, 2.75) is 39.2 Å². The molecule has 1 aromatic heterocycles. The highest BCUT2D eigenvalue weighted by molar-refractivity contribution is 5.65. The van der Waals surface area contributed by atoms with Crippen molar-refractivity contribution in [2.75, 3.05) is 24.8 Å². The molecular weight excluding hydrogens is 216 g/mol. The largest absolute Gasteiger partial charge is 0.394 e. The molecule has 0 fully saturated rings. The first-order valence-corrected chi connectivity index (χ1v) is 6.20. The third-order valence-corrected chi connectivity index (χ3v) is 2.85. The Morgan fingerprint density at radius 2 is 2.18 bits per heavy atom. The van der Waals surface area contributed by atoms with Crippen LogP contribution in [-0.4, -0.2) is 29.5 Å². The summed E-state index contributed by atoms with van der Waals surface area (Å²) in [5.74, 6) is 0.900. The molecule has 5 nitrogen and oxygen atoms in total. The fraction of sp³-hybridized carbons (Fsp3) is 0.750. The highest BCUT2D eigenvalue weighted by Gasteiger charge is 2.15. The van der Waals surface area contributed by atoms with E-state index in [4.69, 9.17) is 10.5 Å². The van der Waals surface area contributed by atoms with E-state index in [-0.39, 0.29) is 6.04 Å². The minimum Gasteiger partial charge on any atom is -0.394 e. The molecule has 3 N–H and O–H groups in total. The minimum absolute atomic E-state index is 0.271. The van der Waals surface area contributed by atoms with Crippen molar-refractivity contribution < 1.29 is 4.74 Å². The Kier molecular flexibility index (Phi) is 5.28. The van der Waals surface area contributed by atoms with Crippen LogP contribution in [-0.2, 0) is 18.2 Å². The summed E-state index contributed by atoms with van der Waals surface area (Å²) in [6.45, 7) is 4.92. The number of aromatic nitrogens is 2. The van der Waals surface area contributed by atoms with E-state index in [2.05, 4.69) is 24.3 Å². The van der Waals surface area contributed by atoms with Crippen molar-refractivity contribution in [3.05, 3.63) is 5.69 Å². The van der Waals surface area contributed by atoms with E-state index in [1.54, 1.807) is 7.11 Å². The molecule has 1 rings (SSSR count). The number of anilines is 2. The number of nitrogens with zero attached hydrogens (tertiary/aromatic N) is 2. The Hall–Kier alpha value is -1.23. The average Bonchev–Trinajstić information content (AvgIpc) is 2.56. The summed E-state index contributed by atoms with van der Waals surface area (Å²) in [5.41, 5.74) is 7.85. The molecule has 0 aliphatic rings. The molecule has 0 radical (unpaired) electrons. The van der Waals surface area contributed by atoms with Gasteiger partial charge in [0.15, 0.2) is 0 Å². The second-order valence-electron chi connectivity index (χ2n) is 4.29. The highest BCUT2D eigenvalue weighted by atomic mass is 16.5. The zero-order valence-electron chi connectivity index (χ0n) is 11.3. The van der Waals surface area contributed by atoms with Crippen LogP contribution < -0.4 is 11.1 Å². The second-order valence-corrected chi connectivity index (χ2v) is 4.29. The maximum Gasteiger partial charge on any atom is 0.148 e. The smallest absolute Gasteiger partial charge is 0.148 e. The van der Waals surface area contributed by atoms with Crippen LogP contribution >= 0.6 is 0 Å². The molecule has 0 saturated carbocycles. The number of nitrogens with two attached hydrogens (primary N) is 1. The molecule has 17 heavy (non-hydrogen) atoms. The Bertz CT molecular complexity index is 349. The molecule has 0 saturated heterocycles. The van der Waals surface area contributed by atoms with Crippen LogP contribution in [0.4, 0.5) is 11.5 Å². The first-order valence-electron chi connectivity index (χ1n) is 6.20. The molecule has 5 heteroatoms. The second kappa shape index (κ2) is 6.49. The highest BCUT2D eigenvalue weighted by Crippen LogP contribution is 2.24. The Morgan fingerprint density at radius 1 is 1.47 bits per heavy atom. The van der Waals surface area contributed by atoms with E-state index in [0.717, 1.165) is 36.5 Å². The third kappa shape index (κ3) is 3.36. The van der Waals surface area contributed by atoms with E-state index in [1.165, 1.54) is 0 Å². The predicted molar refractivity (Wildman–Crippen MR) is 71.2 cm³/mol. The molecular formula is C12H24N4O. The maximum absolute atomic E-state index is 6.10. The van der Waals surface area contributed by atoms with Crippen molar-refractivity contribution in [1.82, 2.24) is 9.78 Å². The SMILES string of the molecule is CCCc1nn(C)c(NC(CC)COC)c1N. The summed E-state index contributed by atoms with van der Waals surface area (Å²) < 4.78 is 6.99. The lowest BCUT2D eigenvalue weighted by molar-refractivity contribution is 0.184. The lowest BCUT2D eigenvalue weighted by Crippen LogP contribution is -2.25. The van der Waals surface area contributed by atoms with Crippen LogP contribution in [0, 0.1) is 0 Å². The third-order valence-electron chi connectivity index (χ3n) is 2.85. The van der Waals surface area contributed by atoms with Crippen LogP contribution in [0.15, 0.2) is 0 Å². The molecule has 0 aliphatic heterocycles. The lowest BCUT2D eigenvalue weighted by atomic mass is 10.2. The van der Waals surface area contributed by atoms with Crippen LogP contribution in [0.3, 0.4) is 0 Å². The van der Waals surface area contributed by atoms with E-state index in [1.807, 2.05) is 11.7 Å². The Labute approximate surface area is 103 Å². The van der Waals surface area contributed by atoms with Gasteiger partial charge in [0, 0.05) is 14.2 Å². The lowest BCUT2D eigenvalue weighted by Gasteiger charge is -2.17. The molecule has 0 amide bonds. The van der Waals surface area contributed by atoms with Gasteiger partial charge in [-0.25, -0.2) is 0 Å². The Balaban J connectivity index is 2.82. The maximum atomic E-state index is 6.10. The van der Waals surface area contributed by atoms with Gasteiger partial charge in [0.2, 0.25) is 0 Å². The summed E-state index contributed by atoms with van der Waals surface area (Å²) in [5, 5.41) is 7.83. The van der Waals surface area contributed by atoms with Crippen LogP contribution in [0.1, 0.15) is 32.4 Å². The van der Waals surface area contributed by atoms with Gasteiger partial charge in [-0.2, -0.15) is 5.10 Å². The summed E-state index contributed by atoms with van der Waals surface area (Å²) >= 11 is 0. The number of methoxy groups -OCH3 is 1. The van der Waals surface area contributed by atoms with Crippen molar-refractivity contribution in [1.29, 1.82) is 0 Å². The van der Waals surface area contributed by atoms with E-state index in [9.17, 15) is 0 Å². The average molecular weight is 240 g/mol. The number of aryl methyl sites for hydroxylation is 2. The van der Waals surface area contributed by atoms with E-state index < -0.39 is 0 Å². The molecule has 0 spiro atoms. The van der Waals surface area contributed by atoms with E-state index >= 15 is 0 Å². The summed E-state index contributed by atoms with van der Waals surface area (Å²) in [7, 11) is 3.62. The standard InChI is InChI=1S/C12H24N4O/c1-5-7-10-11(13)12(16(3)15-10)14-9(6-2)8-17-4/h9,14H,5-8,13H2,1-4H3.